The van der Waals surface area contributed by atoms with Crippen LogP contribution in [0.25, 0.3) is 11.0 Å². The SMILES string of the molecule is Br.CCOC(=O)Cn1c(=N)n(Cc2ccccc2)c2ccccc21. The number of aromatic nitrogens is 2. The molecule has 0 radical (unpaired) electrons. The van der Waals surface area contributed by atoms with Crippen LogP contribution in [-0.4, -0.2) is 21.7 Å². The van der Waals surface area contributed by atoms with Gasteiger partial charge >= 0.3 is 5.97 Å². The van der Waals surface area contributed by atoms with Gasteiger partial charge in [0.1, 0.15) is 6.54 Å². The van der Waals surface area contributed by atoms with Gasteiger partial charge in [0, 0.05) is 0 Å². The van der Waals surface area contributed by atoms with Crippen LogP contribution in [-0.2, 0) is 22.6 Å². The van der Waals surface area contributed by atoms with Crippen LogP contribution in [0.3, 0.4) is 0 Å². The number of esters is 1. The van der Waals surface area contributed by atoms with E-state index in [0.29, 0.717) is 18.8 Å². The molecule has 0 aliphatic rings. The Balaban J connectivity index is 0.00000208. The van der Waals surface area contributed by atoms with Crippen molar-refractivity contribution in [2.75, 3.05) is 6.61 Å². The van der Waals surface area contributed by atoms with E-state index in [1.807, 2.05) is 59.2 Å². The van der Waals surface area contributed by atoms with Gasteiger partial charge in [0.2, 0.25) is 5.62 Å². The maximum Gasteiger partial charge on any atom is 0.326 e. The van der Waals surface area contributed by atoms with Crippen LogP contribution in [0.15, 0.2) is 54.6 Å². The number of rotatable bonds is 5. The van der Waals surface area contributed by atoms with E-state index < -0.39 is 0 Å². The normalized spacial score (nSPS) is 10.4. The third-order valence-electron chi connectivity index (χ3n) is 3.75. The van der Waals surface area contributed by atoms with Crippen molar-refractivity contribution in [3.8, 4) is 0 Å². The molecule has 1 heterocycles. The molecule has 2 aromatic carbocycles. The van der Waals surface area contributed by atoms with Gasteiger partial charge in [-0.05, 0) is 24.6 Å². The highest BCUT2D eigenvalue weighted by Gasteiger charge is 2.13. The lowest BCUT2D eigenvalue weighted by Crippen LogP contribution is -2.28. The Hall–Kier alpha value is -2.34. The van der Waals surface area contributed by atoms with Crippen molar-refractivity contribution < 1.29 is 9.53 Å². The van der Waals surface area contributed by atoms with E-state index in [-0.39, 0.29) is 29.5 Å². The second-order valence-corrected chi connectivity index (χ2v) is 5.28. The zero-order valence-corrected chi connectivity index (χ0v) is 15.1. The lowest BCUT2D eigenvalue weighted by Gasteiger charge is -2.05. The molecule has 0 fully saturated rings. The summed E-state index contributed by atoms with van der Waals surface area (Å²) in [6.07, 6.45) is 0. The molecule has 1 N–H and O–H groups in total. The van der Waals surface area contributed by atoms with Gasteiger partial charge in [-0.15, -0.1) is 17.0 Å². The number of hydrogen-bond acceptors (Lipinski definition) is 3. The summed E-state index contributed by atoms with van der Waals surface area (Å²) in [4.78, 5) is 11.8. The van der Waals surface area contributed by atoms with Gasteiger partial charge in [0.25, 0.3) is 0 Å². The molecule has 0 aliphatic heterocycles. The van der Waals surface area contributed by atoms with E-state index in [2.05, 4.69) is 0 Å². The summed E-state index contributed by atoms with van der Waals surface area (Å²) in [5.41, 5.74) is 3.21. The van der Waals surface area contributed by atoms with Crippen LogP contribution in [0.5, 0.6) is 0 Å². The van der Waals surface area contributed by atoms with Crippen molar-refractivity contribution in [2.24, 2.45) is 0 Å². The predicted octanol–water partition coefficient (Wildman–Crippen LogP) is 3.11. The molecule has 5 nitrogen and oxygen atoms in total. The van der Waals surface area contributed by atoms with Crippen molar-refractivity contribution in [3.05, 3.63) is 65.8 Å². The molecule has 0 atom stereocenters. The lowest BCUT2D eigenvalue weighted by atomic mass is 10.2. The summed E-state index contributed by atoms with van der Waals surface area (Å²) in [5, 5.41) is 8.47. The van der Waals surface area contributed by atoms with E-state index >= 15 is 0 Å². The quantitative estimate of drug-likeness (QED) is 0.681. The van der Waals surface area contributed by atoms with Crippen LogP contribution in [0.1, 0.15) is 12.5 Å². The molecule has 0 saturated carbocycles. The predicted molar refractivity (Wildman–Crippen MR) is 98.3 cm³/mol. The first kappa shape index (κ1) is 18.0. The van der Waals surface area contributed by atoms with Gasteiger partial charge in [-0.2, -0.15) is 0 Å². The molecule has 0 bridgehead atoms. The molecule has 1 aromatic heterocycles. The van der Waals surface area contributed by atoms with Crippen molar-refractivity contribution in [2.45, 2.75) is 20.0 Å². The molecular weight excluding hydrogens is 370 g/mol. The van der Waals surface area contributed by atoms with E-state index in [1.165, 1.54) is 0 Å². The minimum Gasteiger partial charge on any atom is -0.465 e. The molecule has 0 unspecified atom stereocenters. The lowest BCUT2D eigenvalue weighted by molar-refractivity contribution is -0.143. The Morgan fingerprint density at radius 2 is 1.58 bits per heavy atom. The molecule has 126 valence electrons. The third kappa shape index (κ3) is 3.59. The number of carbonyl (C=O) groups excluding carboxylic acids is 1. The van der Waals surface area contributed by atoms with Crippen LogP contribution in [0, 0.1) is 5.41 Å². The summed E-state index contributed by atoms with van der Waals surface area (Å²) < 4.78 is 8.62. The van der Waals surface area contributed by atoms with Gasteiger partial charge in [-0.25, -0.2) is 0 Å². The summed E-state index contributed by atoms with van der Waals surface area (Å²) >= 11 is 0. The van der Waals surface area contributed by atoms with Gasteiger partial charge in [0.05, 0.1) is 24.2 Å². The summed E-state index contributed by atoms with van der Waals surface area (Å²) in [7, 11) is 0. The number of hydrogen-bond donors (Lipinski definition) is 1. The van der Waals surface area contributed by atoms with Crippen LogP contribution >= 0.6 is 17.0 Å². The Bertz CT molecular complexity index is 884. The standard InChI is InChI=1S/C18H19N3O2.BrH/c1-2-23-17(22)13-21-16-11-7-6-10-15(16)20(18(21)19)12-14-8-4-3-5-9-14;/h3-11,19H,2,12-13H2,1H3;1H. The van der Waals surface area contributed by atoms with E-state index in [9.17, 15) is 4.79 Å². The van der Waals surface area contributed by atoms with Gasteiger partial charge in [-0.1, -0.05) is 42.5 Å². The molecule has 6 heteroatoms. The maximum atomic E-state index is 11.8. The maximum absolute atomic E-state index is 11.8. The average Bonchev–Trinajstić information content (AvgIpc) is 2.82. The molecule has 0 aliphatic carbocycles. The highest BCUT2D eigenvalue weighted by Crippen LogP contribution is 2.14. The zero-order chi connectivity index (χ0) is 16.2. The van der Waals surface area contributed by atoms with Crippen molar-refractivity contribution in [3.63, 3.8) is 0 Å². The number of nitrogens with one attached hydrogen (secondary N) is 1. The molecular formula is C18H20BrN3O2. The summed E-state index contributed by atoms with van der Waals surface area (Å²) in [6.45, 7) is 2.77. The first-order valence-corrected chi connectivity index (χ1v) is 7.63. The first-order valence-electron chi connectivity index (χ1n) is 7.63. The summed E-state index contributed by atoms with van der Waals surface area (Å²) in [6, 6.07) is 17.8. The molecule has 3 rings (SSSR count). The fourth-order valence-electron chi connectivity index (χ4n) is 2.72. The van der Waals surface area contributed by atoms with Crippen molar-refractivity contribution >= 4 is 34.0 Å². The minimum atomic E-state index is -0.325. The smallest absolute Gasteiger partial charge is 0.326 e. The van der Waals surface area contributed by atoms with Crippen molar-refractivity contribution in [1.29, 1.82) is 5.41 Å². The molecule has 0 saturated heterocycles. The number of carbonyl (C=O) groups is 1. The molecule has 0 amide bonds. The number of para-hydroxylation sites is 2. The largest absolute Gasteiger partial charge is 0.465 e. The van der Waals surface area contributed by atoms with Gasteiger partial charge < -0.3 is 9.30 Å². The second kappa shape index (κ2) is 7.97. The van der Waals surface area contributed by atoms with Crippen molar-refractivity contribution in [1.82, 2.24) is 9.13 Å². The van der Waals surface area contributed by atoms with E-state index in [1.54, 1.807) is 11.5 Å². The number of halogens is 1. The molecule has 24 heavy (non-hydrogen) atoms. The third-order valence-corrected chi connectivity index (χ3v) is 3.75. The number of imidazole rings is 1. The van der Waals surface area contributed by atoms with Gasteiger partial charge in [0.15, 0.2) is 0 Å². The van der Waals surface area contributed by atoms with Crippen LogP contribution in [0.2, 0.25) is 0 Å². The minimum absolute atomic E-state index is 0. The number of ether oxygens (including phenoxy) is 1. The van der Waals surface area contributed by atoms with Crippen LogP contribution in [0.4, 0.5) is 0 Å². The molecule has 0 spiro atoms. The van der Waals surface area contributed by atoms with E-state index in [4.69, 9.17) is 10.1 Å². The number of benzene rings is 2. The zero-order valence-electron chi connectivity index (χ0n) is 13.4. The second-order valence-electron chi connectivity index (χ2n) is 5.28. The fraction of sp³-hybridized carbons (Fsp3) is 0.222. The Morgan fingerprint density at radius 1 is 1.00 bits per heavy atom. The highest BCUT2D eigenvalue weighted by atomic mass is 79.9. The van der Waals surface area contributed by atoms with Crippen LogP contribution < -0.4 is 5.62 Å². The fourth-order valence-corrected chi connectivity index (χ4v) is 2.72. The first-order chi connectivity index (χ1) is 11.2. The van der Waals surface area contributed by atoms with E-state index in [0.717, 1.165) is 16.6 Å². The Labute approximate surface area is 150 Å². The van der Waals surface area contributed by atoms with Gasteiger partial charge in [-0.3, -0.25) is 14.8 Å². The topological polar surface area (TPSA) is 60.0 Å². The number of fused-ring (bicyclic) bond motifs is 1. The highest BCUT2D eigenvalue weighted by molar-refractivity contribution is 8.93. The monoisotopic (exact) mass is 389 g/mol. The Morgan fingerprint density at radius 3 is 2.21 bits per heavy atom. The number of nitrogens with zero attached hydrogens (tertiary/aromatic N) is 2. The molecule has 3 aromatic rings. The average molecular weight is 390 g/mol. The summed E-state index contributed by atoms with van der Waals surface area (Å²) in [5.74, 6) is -0.325. The Kier molecular flexibility index (Phi) is 5.98.